The molecule has 0 spiro atoms. The number of amides is 2. The summed E-state index contributed by atoms with van der Waals surface area (Å²) in [6.07, 6.45) is 0. The summed E-state index contributed by atoms with van der Waals surface area (Å²) in [7, 11) is 0. The summed E-state index contributed by atoms with van der Waals surface area (Å²) in [5.74, 6) is -0.409. The Labute approximate surface area is 163 Å². The van der Waals surface area contributed by atoms with Gasteiger partial charge >= 0.3 is 0 Å². The molecule has 0 aliphatic heterocycles. The lowest BCUT2D eigenvalue weighted by Crippen LogP contribution is -2.38. The number of hydrogen-bond donors (Lipinski definition) is 2. The van der Waals surface area contributed by atoms with E-state index in [1.54, 1.807) is 41.3 Å². The smallest absolute Gasteiger partial charge is 0.238 e. The van der Waals surface area contributed by atoms with Crippen LogP contribution in [0.1, 0.15) is 12.5 Å². The quantitative estimate of drug-likeness (QED) is 0.740. The summed E-state index contributed by atoms with van der Waals surface area (Å²) in [6.45, 7) is 4.55. The maximum absolute atomic E-state index is 12.3. The third kappa shape index (κ3) is 6.33. The van der Waals surface area contributed by atoms with Crippen molar-refractivity contribution in [2.24, 2.45) is 0 Å². The van der Waals surface area contributed by atoms with Crippen LogP contribution in [0.3, 0.4) is 0 Å². The molecule has 0 radical (unpaired) electrons. The standard InChI is InChI=1S/C19H21Cl2N3O2/c1-3-24(11-18(25)22-16-6-4-5-14(20)9-16)12-19(26)23-17-10-15(21)8-7-13(17)2/h4-10H,3,11-12H2,1-2H3,(H,22,25)(H,23,26). The fourth-order valence-electron chi connectivity index (χ4n) is 2.37. The maximum atomic E-state index is 12.3. The number of halogens is 2. The summed E-state index contributed by atoms with van der Waals surface area (Å²) >= 11 is 11.9. The molecule has 0 saturated carbocycles. The van der Waals surface area contributed by atoms with E-state index in [1.807, 2.05) is 19.9 Å². The van der Waals surface area contributed by atoms with Crippen LogP contribution in [0.4, 0.5) is 11.4 Å². The van der Waals surface area contributed by atoms with Crippen molar-refractivity contribution in [2.45, 2.75) is 13.8 Å². The third-order valence-electron chi connectivity index (χ3n) is 3.76. The molecule has 0 heterocycles. The summed E-state index contributed by atoms with van der Waals surface area (Å²) in [4.78, 5) is 26.2. The Bertz CT molecular complexity index is 796. The van der Waals surface area contributed by atoms with E-state index < -0.39 is 0 Å². The van der Waals surface area contributed by atoms with Crippen molar-refractivity contribution in [3.63, 3.8) is 0 Å². The van der Waals surface area contributed by atoms with Crippen molar-refractivity contribution in [1.82, 2.24) is 4.90 Å². The average Bonchev–Trinajstić information content (AvgIpc) is 2.57. The van der Waals surface area contributed by atoms with Crippen LogP contribution in [-0.4, -0.2) is 36.3 Å². The van der Waals surface area contributed by atoms with Crippen molar-refractivity contribution in [3.05, 3.63) is 58.1 Å². The first-order chi connectivity index (χ1) is 12.4. The lowest BCUT2D eigenvalue weighted by Gasteiger charge is -2.20. The van der Waals surface area contributed by atoms with E-state index in [2.05, 4.69) is 10.6 Å². The minimum Gasteiger partial charge on any atom is -0.325 e. The molecule has 0 aliphatic carbocycles. The van der Waals surface area contributed by atoms with Crippen LogP contribution in [0.5, 0.6) is 0 Å². The van der Waals surface area contributed by atoms with Crippen molar-refractivity contribution >= 4 is 46.4 Å². The number of nitrogens with zero attached hydrogens (tertiary/aromatic N) is 1. The molecule has 0 unspecified atom stereocenters. The summed E-state index contributed by atoms with van der Waals surface area (Å²) < 4.78 is 0. The van der Waals surface area contributed by atoms with Crippen LogP contribution < -0.4 is 10.6 Å². The number of nitrogens with one attached hydrogen (secondary N) is 2. The van der Waals surface area contributed by atoms with E-state index in [9.17, 15) is 9.59 Å². The molecule has 2 amide bonds. The Kier molecular flexibility index (Phi) is 7.45. The zero-order valence-corrected chi connectivity index (χ0v) is 16.2. The van der Waals surface area contributed by atoms with Gasteiger partial charge in [0.2, 0.25) is 11.8 Å². The first-order valence-electron chi connectivity index (χ1n) is 8.21. The molecule has 0 saturated heterocycles. The van der Waals surface area contributed by atoms with Crippen LogP contribution >= 0.6 is 23.2 Å². The van der Waals surface area contributed by atoms with Gasteiger partial charge in [-0.05, 0) is 49.4 Å². The number of hydrogen-bond acceptors (Lipinski definition) is 3. The van der Waals surface area contributed by atoms with E-state index >= 15 is 0 Å². The predicted molar refractivity (Wildman–Crippen MR) is 107 cm³/mol. The lowest BCUT2D eigenvalue weighted by atomic mass is 10.2. The molecule has 0 atom stereocenters. The summed E-state index contributed by atoms with van der Waals surface area (Å²) in [5.41, 5.74) is 2.21. The molecular formula is C19H21Cl2N3O2. The van der Waals surface area contributed by atoms with Gasteiger partial charge in [-0.25, -0.2) is 0 Å². The Morgan fingerprint density at radius 1 is 0.962 bits per heavy atom. The van der Waals surface area contributed by atoms with Crippen LogP contribution in [0.15, 0.2) is 42.5 Å². The largest absolute Gasteiger partial charge is 0.325 e. The number of likely N-dealkylation sites (N-methyl/N-ethyl adjacent to an activating group) is 1. The molecule has 0 bridgehead atoms. The highest BCUT2D eigenvalue weighted by Crippen LogP contribution is 2.20. The fourth-order valence-corrected chi connectivity index (χ4v) is 2.73. The molecule has 5 nitrogen and oxygen atoms in total. The predicted octanol–water partition coefficient (Wildman–Crippen LogP) is 4.20. The van der Waals surface area contributed by atoms with Crippen LogP contribution in [0.2, 0.25) is 10.0 Å². The SMILES string of the molecule is CCN(CC(=O)Nc1cccc(Cl)c1)CC(=O)Nc1cc(Cl)ccc1C. The highest BCUT2D eigenvalue weighted by atomic mass is 35.5. The minimum absolute atomic E-state index is 0.102. The molecule has 0 aromatic heterocycles. The van der Waals surface area contributed by atoms with Crippen molar-refractivity contribution in [1.29, 1.82) is 0 Å². The fraction of sp³-hybridized carbons (Fsp3) is 0.263. The average molecular weight is 394 g/mol. The normalized spacial score (nSPS) is 10.7. The van der Waals surface area contributed by atoms with Gasteiger partial charge in [0.15, 0.2) is 0 Å². The molecular weight excluding hydrogens is 373 g/mol. The van der Waals surface area contributed by atoms with Gasteiger partial charge in [0.25, 0.3) is 0 Å². The third-order valence-corrected chi connectivity index (χ3v) is 4.23. The highest BCUT2D eigenvalue weighted by Gasteiger charge is 2.14. The van der Waals surface area contributed by atoms with Crippen LogP contribution in [-0.2, 0) is 9.59 Å². The summed E-state index contributed by atoms with van der Waals surface area (Å²) in [5, 5.41) is 6.71. The second-order valence-corrected chi connectivity index (χ2v) is 6.74. The van der Waals surface area contributed by atoms with Gasteiger partial charge in [-0.2, -0.15) is 0 Å². The number of benzene rings is 2. The van der Waals surface area contributed by atoms with E-state index in [0.717, 1.165) is 5.56 Å². The monoisotopic (exact) mass is 393 g/mol. The zero-order chi connectivity index (χ0) is 19.1. The van der Waals surface area contributed by atoms with E-state index in [-0.39, 0.29) is 24.9 Å². The van der Waals surface area contributed by atoms with Gasteiger partial charge in [0, 0.05) is 21.4 Å². The maximum Gasteiger partial charge on any atom is 0.238 e. The van der Waals surface area contributed by atoms with Crippen molar-refractivity contribution in [3.8, 4) is 0 Å². The van der Waals surface area contributed by atoms with E-state index in [0.29, 0.717) is 28.0 Å². The van der Waals surface area contributed by atoms with Gasteiger partial charge in [0.1, 0.15) is 0 Å². The molecule has 2 rings (SSSR count). The van der Waals surface area contributed by atoms with Crippen LogP contribution in [0.25, 0.3) is 0 Å². The van der Waals surface area contributed by atoms with Gasteiger partial charge < -0.3 is 10.6 Å². The van der Waals surface area contributed by atoms with Crippen molar-refractivity contribution < 1.29 is 9.59 Å². The van der Waals surface area contributed by atoms with E-state index in [1.165, 1.54) is 0 Å². The number of carbonyl (C=O) groups excluding carboxylic acids is 2. The molecule has 138 valence electrons. The molecule has 2 aromatic rings. The zero-order valence-electron chi connectivity index (χ0n) is 14.7. The lowest BCUT2D eigenvalue weighted by molar-refractivity contribution is -0.119. The Morgan fingerprint density at radius 2 is 1.62 bits per heavy atom. The molecule has 0 fully saturated rings. The Balaban J connectivity index is 1.90. The van der Waals surface area contributed by atoms with Gasteiger partial charge in [-0.15, -0.1) is 0 Å². The number of aryl methyl sites for hydroxylation is 1. The van der Waals surface area contributed by atoms with Gasteiger partial charge in [-0.1, -0.05) is 42.3 Å². The molecule has 7 heteroatoms. The van der Waals surface area contributed by atoms with Gasteiger partial charge in [0.05, 0.1) is 13.1 Å². The molecule has 26 heavy (non-hydrogen) atoms. The number of anilines is 2. The summed E-state index contributed by atoms with van der Waals surface area (Å²) in [6, 6.07) is 12.2. The first-order valence-corrected chi connectivity index (χ1v) is 8.96. The second kappa shape index (κ2) is 9.57. The van der Waals surface area contributed by atoms with Crippen LogP contribution in [0, 0.1) is 6.92 Å². The van der Waals surface area contributed by atoms with E-state index in [4.69, 9.17) is 23.2 Å². The second-order valence-electron chi connectivity index (χ2n) is 5.87. The number of rotatable bonds is 7. The van der Waals surface area contributed by atoms with Crippen molar-refractivity contribution in [2.75, 3.05) is 30.3 Å². The Hall–Kier alpha value is -2.08. The molecule has 2 aromatic carbocycles. The molecule has 0 aliphatic rings. The topological polar surface area (TPSA) is 61.4 Å². The number of carbonyl (C=O) groups is 2. The molecule has 2 N–H and O–H groups in total. The Morgan fingerprint density at radius 3 is 2.27 bits per heavy atom. The minimum atomic E-state index is -0.208. The van der Waals surface area contributed by atoms with Gasteiger partial charge in [-0.3, -0.25) is 14.5 Å². The highest BCUT2D eigenvalue weighted by molar-refractivity contribution is 6.31. The first kappa shape index (κ1) is 20.2.